The van der Waals surface area contributed by atoms with E-state index in [9.17, 15) is 0 Å². The molecule has 0 aliphatic carbocycles. The lowest BCUT2D eigenvalue weighted by atomic mass is 9.96. The highest BCUT2D eigenvalue weighted by Gasteiger charge is 2.09. The van der Waals surface area contributed by atoms with Gasteiger partial charge < -0.3 is 5.32 Å². The van der Waals surface area contributed by atoms with Crippen molar-refractivity contribution in [3.05, 3.63) is 22.4 Å². The minimum Gasteiger partial charge on any atom is -0.317 e. The van der Waals surface area contributed by atoms with Gasteiger partial charge in [0.05, 0.1) is 0 Å². The molecule has 1 nitrogen and oxygen atoms in total. The summed E-state index contributed by atoms with van der Waals surface area (Å²) >= 11 is 1.79. The minimum atomic E-state index is 0.624. The Hall–Kier alpha value is -0.340. The molecule has 1 N–H and O–H groups in total. The molecule has 1 aromatic heterocycles. The Bertz CT molecular complexity index is 218. The first kappa shape index (κ1) is 10.7. The molecule has 0 radical (unpaired) electrons. The second-order valence-electron chi connectivity index (χ2n) is 3.72. The summed E-state index contributed by atoms with van der Waals surface area (Å²) in [5.74, 6) is 0.755. The SMILES string of the molecule is CNC(C)C(C)CCc1ccsc1. The molecule has 0 spiro atoms. The van der Waals surface area contributed by atoms with Gasteiger partial charge in [0.2, 0.25) is 0 Å². The fourth-order valence-electron chi connectivity index (χ4n) is 1.36. The first-order chi connectivity index (χ1) is 6.24. The van der Waals surface area contributed by atoms with Gasteiger partial charge >= 0.3 is 0 Å². The van der Waals surface area contributed by atoms with E-state index in [2.05, 4.69) is 36.0 Å². The van der Waals surface area contributed by atoms with Gasteiger partial charge in [-0.3, -0.25) is 0 Å². The van der Waals surface area contributed by atoms with Gasteiger partial charge in [-0.25, -0.2) is 0 Å². The number of rotatable bonds is 5. The van der Waals surface area contributed by atoms with Crippen LogP contribution in [0.15, 0.2) is 16.8 Å². The molecular weight excluding hydrogens is 178 g/mol. The van der Waals surface area contributed by atoms with Gasteiger partial charge in [0.1, 0.15) is 0 Å². The molecule has 74 valence electrons. The van der Waals surface area contributed by atoms with Crippen molar-refractivity contribution in [1.29, 1.82) is 0 Å². The highest BCUT2D eigenvalue weighted by molar-refractivity contribution is 7.07. The van der Waals surface area contributed by atoms with Gasteiger partial charge in [-0.05, 0) is 55.1 Å². The molecule has 0 amide bonds. The summed E-state index contributed by atoms with van der Waals surface area (Å²) in [5, 5.41) is 7.70. The largest absolute Gasteiger partial charge is 0.317 e. The first-order valence-electron chi connectivity index (χ1n) is 4.92. The van der Waals surface area contributed by atoms with Crippen molar-refractivity contribution in [3.8, 4) is 0 Å². The van der Waals surface area contributed by atoms with Gasteiger partial charge in [0.25, 0.3) is 0 Å². The van der Waals surface area contributed by atoms with Crippen LogP contribution in [0, 0.1) is 5.92 Å². The van der Waals surface area contributed by atoms with E-state index >= 15 is 0 Å². The normalized spacial score (nSPS) is 15.6. The monoisotopic (exact) mass is 197 g/mol. The lowest BCUT2D eigenvalue weighted by molar-refractivity contribution is 0.401. The molecule has 2 unspecified atom stereocenters. The van der Waals surface area contributed by atoms with Crippen molar-refractivity contribution in [3.63, 3.8) is 0 Å². The Balaban J connectivity index is 2.26. The predicted molar refractivity (Wildman–Crippen MR) is 60.3 cm³/mol. The second-order valence-corrected chi connectivity index (χ2v) is 4.50. The molecule has 0 saturated carbocycles. The molecule has 1 rings (SSSR count). The number of nitrogens with one attached hydrogen (secondary N) is 1. The van der Waals surface area contributed by atoms with Crippen LogP contribution in [-0.4, -0.2) is 13.1 Å². The third-order valence-electron chi connectivity index (χ3n) is 2.78. The molecule has 13 heavy (non-hydrogen) atoms. The highest BCUT2D eigenvalue weighted by atomic mass is 32.1. The van der Waals surface area contributed by atoms with Crippen LogP contribution in [0.1, 0.15) is 25.8 Å². The molecule has 0 fully saturated rings. The molecule has 0 bridgehead atoms. The lowest BCUT2D eigenvalue weighted by Crippen LogP contribution is -2.28. The molecule has 1 heterocycles. The van der Waals surface area contributed by atoms with Crippen LogP contribution in [0.4, 0.5) is 0 Å². The zero-order valence-electron chi connectivity index (χ0n) is 8.71. The molecule has 2 heteroatoms. The fraction of sp³-hybridized carbons (Fsp3) is 0.636. The van der Waals surface area contributed by atoms with Crippen LogP contribution in [0.2, 0.25) is 0 Å². The summed E-state index contributed by atoms with van der Waals surface area (Å²) in [5.41, 5.74) is 1.49. The Kier molecular flexibility index (Phi) is 4.46. The molecule has 1 aromatic rings. The fourth-order valence-corrected chi connectivity index (χ4v) is 2.07. The molecule has 0 aliphatic rings. The third-order valence-corrected chi connectivity index (χ3v) is 3.51. The van der Waals surface area contributed by atoms with E-state index in [-0.39, 0.29) is 0 Å². The topological polar surface area (TPSA) is 12.0 Å². The summed E-state index contributed by atoms with van der Waals surface area (Å²) in [7, 11) is 2.03. The maximum Gasteiger partial charge on any atom is 0.00614 e. The molecule has 0 aliphatic heterocycles. The minimum absolute atomic E-state index is 0.624. The van der Waals surface area contributed by atoms with Gasteiger partial charge in [0, 0.05) is 6.04 Å². The van der Waals surface area contributed by atoms with Crippen molar-refractivity contribution in [1.82, 2.24) is 5.32 Å². The average molecular weight is 197 g/mol. The first-order valence-corrected chi connectivity index (χ1v) is 5.86. The Morgan fingerprint density at radius 3 is 2.77 bits per heavy atom. The maximum absolute atomic E-state index is 3.30. The van der Waals surface area contributed by atoms with E-state index in [0.29, 0.717) is 6.04 Å². The van der Waals surface area contributed by atoms with E-state index in [1.165, 1.54) is 18.4 Å². The van der Waals surface area contributed by atoms with Crippen LogP contribution >= 0.6 is 11.3 Å². The standard InChI is InChI=1S/C11H19NS/c1-9(10(2)12-3)4-5-11-6-7-13-8-11/h6-10,12H,4-5H2,1-3H3. The van der Waals surface area contributed by atoms with Gasteiger partial charge in [-0.15, -0.1) is 0 Å². The van der Waals surface area contributed by atoms with Gasteiger partial charge in [-0.2, -0.15) is 11.3 Å². The smallest absolute Gasteiger partial charge is 0.00614 e. The zero-order chi connectivity index (χ0) is 9.68. The maximum atomic E-state index is 3.30. The average Bonchev–Trinajstić information content (AvgIpc) is 2.65. The molecular formula is C11H19NS. The third kappa shape index (κ3) is 3.49. The van der Waals surface area contributed by atoms with Crippen LogP contribution in [0.5, 0.6) is 0 Å². The van der Waals surface area contributed by atoms with Crippen molar-refractivity contribution in [2.45, 2.75) is 32.7 Å². The van der Waals surface area contributed by atoms with Crippen LogP contribution < -0.4 is 5.32 Å². The van der Waals surface area contributed by atoms with Crippen molar-refractivity contribution < 1.29 is 0 Å². The predicted octanol–water partition coefficient (Wildman–Crippen LogP) is 2.92. The summed E-state index contributed by atoms with van der Waals surface area (Å²) in [6.07, 6.45) is 2.50. The summed E-state index contributed by atoms with van der Waals surface area (Å²) in [6, 6.07) is 2.85. The number of thiophene rings is 1. The zero-order valence-corrected chi connectivity index (χ0v) is 9.53. The Morgan fingerprint density at radius 2 is 2.23 bits per heavy atom. The van der Waals surface area contributed by atoms with Crippen molar-refractivity contribution in [2.75, 3.05) is 7.05 Å². The quantitative estimate of drug-likeness (QED) is 0.765. The summed E-state index contributed by atoms with van der Waals surface area (Å²) < 4.78 is 0. The highest BCUT2D eigenvalue weighted by Crippen LogP contribution is 2.14. The van der Waals surface area contributed by atoms with E-state index < -0.39 is 0 Å². The van der Waals surface area contributed by atoms with Gasteiger partial charge in [-0.1, -0.05) is 6.92 Å². The van der Waals surface area contributed by atoms with Crippen LogP contribution in [-0.2, 0) is 6.42 Å². The number of hydrogen-bond donors (Lipinski definition) is 1. The number of aryl methyl sites for hydroxylation is 1. The van der Waals surface area contributed by atoms with Gasteiger partial charge in [0.15, 0.2) is 0 Å². The van der Waals surface area contributed by atoms with Crippen LogP contribution in [0.3, 0.4) is 0 Å². The molecule has 0 saturated heterocycles. The lowest BCUT2D eigenvalue weighted by Gasteiger charge is -2.18. The Labute approximate surface area is 85.2 Å². The van der Waals surface area contributed by atoms with Crippen molar-refractivity contribution >= 4 is 11.3 Å². The van der Waals surface area contributed by atoms with E-state index in [1.54, 1.807) is 11.3 Å². The van der Waals surface area contributed by atoms with E-state index in [1.807, 2.05) is 7.05 Å². The van der Waals surface area contributed by atoms with Crippen LogP contribution in [0.25, 0.3) is 0 Å². The molecule has 2 atom stereocenters. The van der Waals surface area contributed by atoms with E-state index in [0.717, 1.165) is 5.92 Å². The second kappa shape index (κ2) is 5.40. The number of hydrogen-bond acceptors (Lipinski definition) is 2. The summed E-state index contributed by atoms with van der Waals surface area (Å²) in [6.45, 7) is 4.56. The van der Waals surface area contributed by atoms with E-state index in [4.69, 9.17) is 0 Å². The van der Waals surface area contributed by atoms with Crippen molar-refractivity contribution in [2.24, 2.45) is 5.92 Å². The summed E-state index contributed by atoms with van der Waals surface area (Å²) in [4.78, 5) is 0. The molecule has 0 aromatic carbocycles. The Morgan fingerprint density at radius 1 is 1.46 bits per heavy atom.